The van der Waals surface area contributed by atoms with Crippen LogP contribution in [-0.2, 0) is 0 Å². The number of hydrogen-bond acceptors (Lipinski definition) is 2. The lowest BCUT2D eigenvalue weighted by Gasteiger charge is -2.36. The van der Waals surface area contributed by atoms with Crippen LogP contribution in [-0.4, -0.2) is 12.1 Å². The SMILES string of the molecule is C=C/C=C(\C=C)C1CC(NC(=O)Oc2ccccc2)C1. The molecule has 1 saturated carbocycles. The summed E-state index contributed by atoms with van der Waals surface area (Å²) in [7, 11) is 0. The molecule has 1 aromatic rings. The minimum atomic E-state index is -0.396. The Hall–Kier alpha value is -2.29. The first-order valence-corrected chi connectivity index (χ1v) is 6.71. The van der Waals surface area contributed by atoms with E-state index in [2.05, 4.69) is 18.5 Å². The number of carbonyl (C=O) groups is 1. The van der Waals surface area contributed by atoms with Gasteiger partial charge in [-0.1, -0.05) is 49.6 Å². The molecular formula is C17H19NO2. The predicted octanol–water partition coefficient (Wildman–Crippen LogP) is 3.85. The quantitative estimate of drug-likeness (QED) is 0.824. The first-order valence-electron chi connectivity index (χ1n) is 6.71. The lowest BCUT2D eigenvalue weighted by Crippen LogP contribution is -2.45. The van der Waals surface area contributed by atoms with Crippen LogP contribution in [0.25, 0.3) is 0 Å². The number of rotatable bonds is 5. The molecule has 0 saturated heterocycles. The Labute approximate surface area is 119 Å². The molecule has 20 heavy (non-hydrogen) atoms. The molecule has 1 aliphatic carbocycles. The van der Waals surface area contributed by atoms with E-state index in [4.69, 9.17) is 4.74 Å². The van der Waals surface area contributed by atoms with E-state index in [1.165, 1.54) is 5.57 Å². The van der Waals surface area contributed by atoms with Gasteiger partial charge in [0.05, 0.1) is 0 Å². The standard InChI is InChI=1S/C17H19NO2/c1-3-8-13(4-2)14-11-15(12-14)18-17(19)20-16-9-6-5-7-10-16/h3-10,14-15H,1-2,11-12H2,(H,18,19)/b13-8+. The van der Waals surface area contributed by atoms with E-state index in [1.807, 2.05) is 30.4 Å². The van der Waals surface area contributed by atoms with E-state index in [0.29, 0.717) is 11.7 Å². The predicted molar refractivity (Wildman–Crippen MR) is 80.6 cm³/mol. The molecule has 0 unspecified atom stereocenters. The number of para-hydroxylation sites is 1. The fourth-order valence-electron chi connectivity index (χ4n) is 2.31. The summed E-state index contributed by atoms with van der Waals surface area (Å²) in [5.74, 6) is 1.01. The number of ether oxygens (including phenoxy) is 1. The van der Waals surface area contributed by atoms with E-state index >= 15 is 0 Å². The molecule has 1 amide bonds. The minimum absolute atomic E-state index is 0.171. The van der Waals surface area contributed by atoms with Crippen molar-refractivity contribution in [3.05, 3.63) is 67.3 Å². The molecule has 0 spiro atoms. The van der Waals surface area contributed by atoms with Gasteiger partial charge in [-0.05, 0) is 36.5 Å². The summed E-state index contributed by atoms with van der Waals surface area (Å²) in [5.41, 5.74) is 1.18. The zero-order valence-corrected chi connectivity index (χ0v) is 11.4. The third kappa shape index (κ3) is 3.60. The van der Waals surface area contributed by atoms with Crippen molar-refractivity contribution < 1.29 is 9.53 Å². The van der Waals surface area contributed by atoms with Gasteiger partial charge in [-0.2, -0.15) is 0 Å². The molecular weight excluding hydrogens is 250 g/mol. The summed E-state index contributed by atoms with van der Waals surface area (Å²) in [6.07, 6.45) is 7.01. The number of nitrogens with one attached hydrogen (secondary N) is 1. The highest BCUT2D eigenvalue weighted by molar-refractivity contribution is 5.70. The zero-order valence-electron chi connectivity index (χ0n) is 11.4. The van der Waals surface area contributed by atoms with Crippen molar-refractivity contribution in [1.29, 1.82) is 0 Å². The molecule has 0 atom stereocenters. The molecule has 1 aromatic carbocycles. The molecule has 2 rings (SSSR count). The van der Waals surface area contributed by atoms with Gasteiger partial charge in [0.25, 0.3) is 0 Å². The second-order valence-corrected chi connectivity index (χ2v) is 4.82. The maximum atomic E-state index is 11.7. The number of allylic oxidation sites excluding steroid dienone is 4. The van der Waals surface area contributed by atoms with Gasteiger partial charge < -0.3 is 10.1 Å². The molecule has 1 aliphatic rings. The second-order valence-electron chi connectivity index (χ2n) is 4.82. The Balaban J connectivity index is 1.77. The van der Waals surface area contributed by atoms with Gasteiger partial charge in [0.1, 0.15) is 5.75 Å². The fraction of sp³-hybridized carbons (Fsp3) is 0.235. The topological polar surface area (TPSA) is 38.3 Å². The fourth-order valence-corrected chi connectivity index (χ4v) is 2.31. The molecule has 0 heterocycles. The van der Waals surface area contributed by atoms with Crippen molar-refractivity contribution in [3.63, 3.8) is 0 Å². The van der Waals surface area contributed by atoms with Gasteiger partial charge in [-0.15, -0.1) is 0 Å². The maximum Gasteiger partial charge on any atom is 0.412 e. The van der Waals surface area contributed by atoms with Gasteiger partial charge >= 0.3 is 6.09 Å². The van der Waals surface area contributed by atoms with E-state index in [-0.39, 0.29) is 6.04 Å². The average molecular weight is 269 g/mol. The summed E-state index contributed by atoms with van der Waals surface area (Å²) in [6, 6.07) is 9.22. The van der Waals surface area contributed by atoms with Crippen LogP contribution in [0.3, 0.4) is 0 Å². The van der Waals surface area contributed by atoms with Crippen LogP contribution >= 0.6 is 0 Å². The maximum absolute atomic E-state index is 11.7. The van der Waals surface area contributed by atoms with Gasteiger partial charge in [0.2, 0.25) is 0 Å². The Morgan fingerprint density at radius 3 is 2.55 bits per heavy atom. The smallest absolute Gasteiger partial charge is 0.410 e. The molecule has 1 N–H and O–H groups in total. The van der Waals surface area contributed by atoms with E-state index in [0.717, 1.165) is 12.8 Å². The van der Waals surface area contributed by atoms with Crippen LogP contribution in [0, 0.1) is 5.92 Å². The van der Waals surface area contributed by atoms with Crippen molar-refractivity contribution in [1.82, 2.24) is 5.32 Å². The molecule has 0 aromatic heterocycles. The third-order valence-electron chi connectivity index (χ3n) is 3.43. The minimum Gasteiger partial charge on any atom is -0.410 e. The van der Waals surface area contributed by atoms with E-state index in [9.17, 15) is 4.79 Å². The summed E-state index contributed by atoms with van der Waals surface area (Å²) < 4.78 is 5.19. The molecule has 0 bridgehead atoms. The van der Waals surface area contributed by atoms with Crippen LogP contribution < -0.4 is 10.1 Å². The van der Waals surface area contributed by atoms with E-state index < -0.39 is 6.09 Å². The van der Waals surface area contributed by atoms with Crippen molar-refractivity contribution in [2.45, 2.75) is 18.9 Å². The highest BCUT2D eigenvalue weighted by atomic mass is 16.6. The first kappa shape index (κ1) is 14.1. The molecule has 1 fully saturated rings. The van der Waals surface area contributed by atoms with Crippen molar-refractivity contribution >= 4 is 6.09 Å². The molecule has 0 aliphatic heterocycles. The van der Waals surface area contributed by atoms with Crippen molar-refractivity contribution in [2.24, 2.45) is 5.92 Å². The highest BCUT2D eigenvalue weighted by Crippen LogP contribution is 2.34. The average Bonchev–Trinajstić information content (AvgIpc) is 2.41. The lowest BCUT2D eigenvalue weighted by molar-refractivity contribution is 0.179. The number of hydrogen-bond donors (Lipinski definition) is 1. The molecule has 3 heteroatoms. The number of carbonyl (C=O) groups excluding carboxylic acids is 1. The number of amides is 1. The molecule has 0 radical (unpaired) electrons. The Kier molecular flexibility index (Phi) is 4.77. The van der Waals surface area contributed by atoms with Crippen molar-refractivity contribution in [3.8, 4) is 5.75 Å². The highest BCUT2D eigenvalue weighted by Gasteiger charge is 2.32. The van der Waals surface area contributed by atoms with Gasteiger partial charge in [-0.25, -0.2) is 4.79 Å². The monoisotopic (exact) mass is 269 g/mol. The Bertz CT molecular complexity index is 513. The molecule has 104 valence electrons. The van der Waals surface area contributed by atoms with Crippen molar-refractivity contribution in [2.75, 3.05) is 0 Å². The van der Waals surface area contributed by atoms with Crippen LogP contribution in [0.4, 0.5) is 4.79 Å². The first-order chi connectivity index (χ1) is 9.72. The van der Waals surface area contributed by atoms with Gasteiger partial charge in [-0.3, -0.25) is 0 Å². The van der Waals surface area contributed by atoms with Crippen LogP contribution in [0.5, 0.6) is 5.75 Å². The van der Waals surface area contributed by atoms with Crippen LogP contribution in [0.1, 0.15) is 12.8 Å². The van der Waals surface area contributed by atoms with Crippen LogP contribution in [0.2, 0.25) is 0 Å². The summed E-state index contributed by atoms with van der Waals surface area (Å²) in [6.45, 7) is 7.49. The number of benzene rings is 1. The summed E-state index contributed by atoms with van der Waals surface area (Å²) in [4.78, 5) is 11.7. The summed E-state index contributed by atoms with van der Waals surface area (Å²) >= 11 is 0. The lowest BCUT2D eigenvalue weighted by atomic mass is 9.75. The molecule has 3 nitrogen and oxygen atoms in total. The van der Waals surface area contributed by atoms with Crippen LogP contribution in [0.15, 0.2) is 67.3 Å². The Morgan fingerprint density at radius 2 is 1.95 bits per heavy atom. The summed E-state index contributed by atoms with van der Waals surface area (Å²) in [5, 5.41) is 2.87. The van der Waals surface area contributed by atoms with E-state index in [1.54, 1.807) is 18.2 Å². The Morgan fingerprint density at radius 1 is 1.25 bits per heavy atom. The second kappa shape index (κ2) is 6.75. The third-order valence-corrected chi connectivity index (χ3v) is 3.43. The normalized spacial score (nSPS) is 21.5. The van der Waals surface area contributed by atoms with Gasteiger partial charge in [0.15, 0.2) is 0 Å². The van der Waals surface area contributed by atoms with Gasteiger partial charge in [0, 0.05) is 6.04 Å². The largest absolute Gasteiger partial charge is 0.412 e. The zero-order chi connectivity index (χ0) is 14.4.